The zero-order chi connectivity index (χ0) is 19.1. The predicted molar refractivity (Wildman–Crippen MR) is 123 cm³/mol. The van der Waals surface area contributed by atoms with Gasteiger partial charge in [0.25, 0.3) is 0 Å². The number of aromatic nitrogens is 1. The number of ether oxygens (including phenoxy) is 2. The monoisotopic (exact) mass is 490 g/mol. The van der Waals surface area contributed by atoms with E-state index in [0.29, 0.717) is 24.1 Å². The highest BCUT2D eigenvalue weighted by Crippen LogP contribution is 2.23. The Kier molecular flexibility index (Phi) is 8.06. The molecule has 0 spiro atoms. The minimum atomic E-state index is 0. The van der Waals surface area contributed by atoms with E-state index < -0.39 is 0 Å². The van der Waals surface area contributed by atoms with Gasteiger partial charge in [-0.1, -0.05) is 24.3 Å². The maximum absolute atomic E-state index is 5.94. The summed E-state index contributed by atoms with van der Waals surface area (Å²) >= 11 is 0. The van der Waals surface area contributed by atoms with Crippen LogP contribution in [0.1, 0.15) is 11.1 Å². The zero-order valence-corrected chi connectivity index (χ0v) is 18.1. The molecule has 1 aromatic heterocycles. The van der Waals surface area contributed by atoms with Crippen LogP contribution in [0.25, 0.3) is 0 Å². The van der Waals surface area contributed by atoms with Crippen molar-refractivity contribution in [2.75, 3.05) is 12.4 Å². The highest BCUT2D eigenvalue weighted by molar-refractivity contribution is 14.0. The van der Waals surface area contributed by atoms with Crippen molar-refractivity contribution >= 4 is 35.6 Å². The number of hydrogen-bond acceptors (Lipinski definition) is 4. The van der Waals surface area contributed by atoms with Gasteiger partial charge in [-0.2, -0.15) is 0 Å². The Bertz CT molecular complexity index is 930. The topological polar surface area (TPSA) is 81.8 Å². The number of aryl methyl sites for hydroxylation is 1. The van der Waals surface area contributed by atoms with Crippen molar-refractivity contribution in [1.29, 1.82) is 0 Å². The third kappa shape index (κ3) is 6.41. The quantitative estimate of drug-likeness (QED) is 0.297. The van der Waals surface area contributed by atoms with Gasteiger partial charge in [-0.05, 0) is 42.3 Å². The predicted octanol–water partition coefficient (Wildman–Crippen LogP) is 4.74. The van der Waals surface area contributed by atoms with Crippen molar-refractivity contribution in [1.82, 2.24) is 4.98 Å². The molecule has 0 saturated heterocycles. The Morgan fingerprint density at radius 1 is 1.07 bits per heavy atom. The van der Waals surface area contributed by atoms with Gasteiger partial charge in [-0.3, -0.25) is 0 Å². The fourth-order valence-corrected chi connectivity index (χ4v) is 2.44. The second-order valence-electron chi connectivity index (χ2n) is 5.98. The first-order valence-corrected chi connectivity index (χ1v) is 8.53. The zero-order valence-electron chi connectivity index (χ0n) is 15.8. The average Bonchev–Trinajstić information content (AvgIpc) is 2.68. The second-order valence-corrected chi connectivity index (χ2v) is 5.98. The van der Waals surface area contributed by atoms with Crippen LogP contribution in [0.2, 0.25) is 0 Å². The minimum absolute atomic E-state index is 0. The molecule has 0 saturated carbocycles. The van der Waals surface area contributed by atoms with Crippen LogP contribution in [0.15, 0.2) is 71.9 Å². The van der Waals surface area contributed by atoms with Crippen LogP contribution in [0.3, 0.4) is 0 Å². The number of nitrogens with one attached hydrogen (secondary N) is 1. The standard InChI is InChI=1S/C21H22N4O2.HI/c1-15-5-3-6-17(11-15)25-21(22)24-14-16-9-10-20(23-13-16)27-19-8-4-7-18(12-19)26-2;/h3-13H,14H2,1-2H3,(H3,22,24,25);1H. The Morgan fingerprint density at radius 2 is 1.86 bits per heavy atom. The van der Waals surface area contributed by atoms with E-state index in [1.54, 1.807) is 25.4 Å². The van der Waals surface area contributed by atoms with Gasteiger partial charge in [0.05, 0.1) is 13.7 Å². The first-order chi connectivity index (χ1) is 13.1. The van der Waals surface area contributed by atoms with Gasteiger partial charge in [0.2, 0.25) is 5.88 Å². The van der Waals surface area contributed by atoms with E-state index in [9.17, 15) is 0 Å². The van der Waals surface area contributed by atoms with Gasteiger partial charge in [0.1, 0.15) is 11.5 Å². The molecular formula is C21H23IN4O2. The van der Waals surface area contributed by atoms with E-state index in [1.807, 2.05) is 55.5 Å². The van der Waals surface area contributed by atoms with E-state index in [4.69, 9.17) is 15.2 Å². The number of anilines is 1. The summed E-state index contributed by atoms with van der Waals surface area (Å²) in [6.07, 6.45) is 1.72. The molecule has 0 amide bonds. The molecule has 0 radical (unpaired) electrons. The Hall–Kier alpha value is -2.81. The van der Waals surface area contributed by atoms with E-state index in [0.717, 1.165) is 22.6 Å². The molecule has 6 nitrogen and oxygen atoms in total. The molecule has 0 aliphatic carbocycles. The number of nitrogens with zero attached hydrogens (tertiary/aromatic N) is 2. The summed E-state index contributed by atoms with van der Waals surface area (Å²) in [5, 5.41) is 3.08. The smallest absolute Gasteiger partial charge is 0.219 e. The highest BCUT2D eigenvalue weighted by Gasteiger charge is 2.02. The molecule has 0 fully saturated rings. The van der Waals surface area contributed by atoms with Crippen molar-refractivity contribution < 1.29 is 9.47 Å². The lowest BCUT2D eigenvalue weighted by Crippen LogP contribution is -2.22. The lowest BCUT2D eigenvalue weighted by molar-refractivity contribution is 0.407. The highest BCUT2D eigenvalue weighted by atomic mass is 127. The average molecular weight is 490 g/mol. The number of aliphatic imine (C=N–C) groups is 1. The number of guanidine groups is 1. The molecule has 3 aromatic rings. The molecule has 0 unspecified atom stereocenters. The number of halogens is 1. The molecule has 0 atom stereocenters. The van der Waals surface area contributed by atoms with Crippen molar-refractivity contribution in [2.45, 2.75) is 13.5 Å². The summed E-state index contributed by atoms with van der Waals surface area (Å²) in [6, 6.07) is 19.0. The van der Waals surface area contributed by atoms with Crippen LogP contribution in [0, 0.1) is 6.92 Å². The maximum Gasteiger partial charge on any atom is 0.219 e. The van der Waals surface area contributed by atoms with Gasteiger partial charge in [0, 0.05) is 24.0 Å². The van der Waals surface area contributed by atoms with E-state index in [2.05, 4.69) is 15.3 Å². The summed E-state index contributed by atoms with van der Waals surface area (Å²) in [5.74, 6) is 2.26. The molecule has 1 heterocycles. The first kappa shape index (κ1) is 21.5. The van der Waals surface area contributed by atoms with Gasteiger partial charge < -0.3 is 20.5 Å². The Balaban J connectivity index is 0.00000280. The summed E-state index contributed by atoms with van der Waals surface area (Å²) in [6.45, 7) is 2.45. The largest absolute Gasteiger partial charge is 0.497 e. The SMILES string of the molecule is COc1cccc(Oc2ccc(CN=C(N)Nc3cccc(C)c3)cn2)c1.I. The lowest BCUT2D eigenvalue weighted by Gasteiger charge is -2.08. The normalized spacial score (nSPS) is 10.7. The van der Waals surface area contributed by atoms with Gasteiger partial charge in [-0.25, -0.2) is 9.98 Å². The molecule has 146 valence electrons. The molecule has 0 aliphatic heterocycles. The molecular weight excluding hydrogens is 467 g/mol. The van der Waals surface area contributed by atoms with Gasteiger partial charge in [-0.15, -0.1) is 24.0 Å². The summed E-state index contributed by atoms with van der Waals surface area (Å²) in [7, 11) is 1.62. The molecule has 3 rings (SSSR count). The summed E-state index contributed by atoms with van der Waals surface area (Å²) in [5.41, 5.74) is 8.95. The fourth-order valence-electron chi connectivity index (χ4n) is 2.44. The van der Waals surface area contributed by atoms with Crippen molar-refractivity contribution in [2.24, 2.45) is 10.7 Å². The fraction of sp³-hybridized carbons (Fsp3) is 0.143. The van der Waals surface area contributed by atoms with Crippen LogP contribution in [-0.4, -0.2) is 18.1 Å². The number of pyridine rings is 1. The van der Waals surface area contributed by atoms with Crippen LogP contribution >= 0.6 is 24.0 Å². The Morgan fingerprint density at radius 3 is 2.57 bits per heavy atom. The van der Waals surface area contributed by atoms with Gasteiger partial charge >= 0.3 is 0 Å². The van der Waals surface area contributed by atoms with E-state index in [-0.39, 0.29) is 24.0 Å². The first-order valence-electron chi connectivity index (χ1n) is 8.53. The van der Waals surface area contributed by atoms with Crippen LogP contribution < -0.4 is 20.5 Å². The van der Waals surface area contributed by atoms with E-state index >= 15 is 0 Å². The Labute approximate surface area is 181 Å². The number of hydrogen-bond donors (Lipinski definition) is 2. The van der Waals surface area contributed by atoms with E-state index in [1.165, 1.54) is 0 Å². The second kappa shape index (κ2) is 10.5. The van der Waals surface area contributed by atoms with Crippen molar-refractivity contribution in [3.63, 3.8) is 0 Å². The molecule has 2 aromatic carbocycles. The summed E-state index contributed by atoms with van der Waals surface area (Å²) in [4.78, 5) is 8.65. The lowest BCUT2D eigenvalue weighted by atomic mass is 10.2. The minimum Gasteiger partial charge on any atom is -0.497 e. The summed E-state index contributed by atoms with van der Waals surface area (Å²) < 4.78 is 10.9. The van der Waals surface area contributed by atoms with Crippen LogP contribution in [0.4, 0.5) is 5.69 Å². The molecule has 7 heteroatoms. The van der Waals surface area contributed by atoms with Gasteiger partial charge in [0.15, 0.2) is 5.96 Å². The van der Waals surface area contributed by atoms with Crippen molar-refractivity contribution in [3.05, 3.63) is 78.0 Å². The van der Waals surface area contributed by atoms with Crippen LogP contribution in [0.5, 0.6) is 17.4 Å². The number of nitrogens with two attached hydrogens (primary N) is 1. The van der Waals surface area contributed by atoms with Crippen LogP contribution in [-0.2, 0) is 6.54 Å². The van der Waals surface area contributed by atoms with Crippen molar-refractivity contribution in [3.8, 4) is 17.4 Å². The molecule has 28 heavy (non-hydrogen) atoms. The number of rotatable bonds is 6. The maximum atomic E-state index is 5.94. The number of benzene rings is 2. The number of methoxy groups -OCH3 is 1. The molecule has 3 N–H and O–H groups in total. The molecule has 0 aliphatic rings. The third-order valence-corrected chi connectivity index (χ3v) is 3.78. The molecule has 0 bridgehead atoms. The third-order valence-electron chi connectivity index (χ3n) is 3.78.